The predicted molar refractivity (Wildman–Crippen MR) is 60.3 cm³/mol. The second kappa shape index (κ2) is 5.23. The van der Waals surface area contributed by atoms with Gasteiger partial charge in [0.15, 0.2) is 11.6 Å². The molecule has 0 unspecified atom stereocenters. The maximum atomic E-state index is 13.0. The molecule has 0 fully saturated rings. The van der Waals surface area contributed by atoms with Crippen molar-refractivity contribution in [1.29, 1.82) is 0 Å². The molecule has 2 aromatic rings. The van der Waals surface area contributed by atoms with Crippen molar-refractivity contribution in [3.05, 3.63) is 41.7 Å². The van der Waals surface area contributed by atoms with Crippen molar-refractivity contribution >= 4 is 11.6 Å². The zero-order valence-corrected chi connectivity index (χ0v) is 9.66. The van der Waals surface area contributed by atoms with Crippen molar-refractivity contribution in [3.63, 3.8) is 0 Å². The molecule has 17 heavy (non-hydrogen) atoms. The van der Waals surface area contributed by atoms with E-state index in [2.05, 4.69) is 10.3 Å². The van der Waals surface area contributed by atoms with Gasteiger partial charge in [-0.25, -0.2) is 13.5 Å². The van der Waals surface area contributed by atoms with Crippen molar-refractivity contribution in [2.24, 2.45) is 0 Å². The third-order valence-corrected chi connectivity index (χ3v) is 2.54. The third kappa shape index (κ3) is 2.79. The van der Waals surface area contributed by atoms with E-state index < -0.39 is 11.6 Å². The first-order valence-corrected chi connectivity index (χ1v) is 5.67. The fourth-order valence-electron chi connectivity index (χ4n) is 1.41. The van der Waals surface area contributed by atoms with Crippen LogP contribution in [0.5, 0.6) is 0 Å². The van der Waals surface area contributed by atoms with Crippen LogP contribution >= 0.6 is 11.6 Å². The summed E-state index contributed by atoms with van der Waals surface area (Å²) >= 11 is 5.57. The minimum atomic E-state index is -0.902. The Bertz CT molecular complexity index is 513. The molecule has 1 aromatic carbocycles. The molecular formula is C11H10ClF2N3. The number of benzene rings is 1. The van der Waals surface area contributed by atoms with Crippen molar-refractivity contribution in [2.75, 3.05) is 5.88 Å². The van der Waals surface area contributed by atoms with E-state index >= 15 is 0 Å². The Morgan fingerprint density at radius 1 is 1.24 bits per heavy atom. The predicted octanol–water partition coefficient (Wildman–Crippen LogP) is 2.72. The number of alkyl halides is 1. The van der Waals surface area contributed by atoms with Gasteiger partial charge in [-0.3, -0.25) is 0 Å². The first-order chi connectivity index (χ1) is 8.20. The van der Waals surface area contributed by atoms with Gasteiger partial charge in [0.05, 0.1) is 17.6 Å². The third-order valence-electron chi connectivity index (χ3n) is 2.28. The zero-order valence-electron chi connectivity index (χ0n) is 8.91. The van der Waals surface area contributed by atoms with Crippen LogP contribution < -0.4 is 0 Å². The fourth-order valence-corrected chi connectivity index (χ4v) is 1.55. The van der Waals surface area contributed by atoms with Crippen LogP contribution in [0, 0.1) is 11.6 Å². The molecule has 0 saturated heterocycles. The molecule has 0 aliphatic rings. The lowest BCUT2D eigenvalue weighted by molar-refractivity contribution is 0.507. The van der Waals surface area contributed by atoms with Crippen LogP contribution in [0.4, 0.5) is 8.78 Å². The van der Waals surface area contributed by atoms with E-state index in [1.807, 2.05) is 0 Å². The van der Waals surface area contributed by atoms with Gasteiger partial charge in [0.1, 0.15) is 0 Å². The van der Waals surface area contributed by atoms with Crippen LogP contribution in [0.15, 0.2) is 24.4 Å². The summed E-state index contributed by atoms with van der Waals surface area (Å²) in [7, 11) is 0. The number of halogens is 3. The van der Waals surface area contributed by atoms with Crippen molar-refractivity contribution in [2.45, 2.75) is 12.8 Å². The Morgan fingerprint density at radius 2 is 2.06 bits per heavy atom. The minimum absolute atomic E-state index is 0.438. The summed E-state index contributed by atoms with van der Waals surface area (Å²) in [4.78, 5) is 0. The van der Waals surface area contributed by atoms with Gasteiger partial charge >= 0.3 is 0 Å². The maximum Gasteiger partial charge on any atom is 0.160 e. The highest BCUT2D eigenvalue weighted by Gasteiger charge is 2.06. The molecule has 0 aliphatic heterocycles. The second-order valence-electron chi connectivity index (χ2n) is 3.55. The summed E-state index contributed by atoms with van der Waals surface area (Å²) in [6, 6.07) is 3.58. The first-order valence-electron chi connectivity index (χ1n) is 5.13. The smallest absolute Gasteiger partial charge is 0.160 e. The van der Waals surface area contributed by atoms with Crippen molar-refractivity contribution in [1.82, 2.24) is 15.0 Å². The van der Waals surface area contributed by atoms with Crippen LogP contribution in [0.25, 0.3) is 5.69 Å². The standard InChI is InChI=1S/C11H10ClF2N3/c12-5-1-2-8-7-17(16-15-8)9-3-4-10(13)11(14)6-9/h3-4,6-7H,1-2,5H2. The quantitative estimate of drug-likeness (QED) is 0.789. The van der Waals surface area contributed by atoms with Gasteiger partial charge in [-0.1, -0.05) is 5.21 Å². The number of rotatable bonds is 4. The topological polar surface area (TPSA) is 30.7 Å². The molecule has 6 heteroatoms. The molecule has 0 spiro atoms. The van der Waals surface area contributed by atoms with Gasteiger partial charge in [0, 0.05) is 11.9 Å². The molecule has 0 saturated carbocycles. The molecule has 2 rings (SSSR count). The molecule has 0 amide bonds. The van der Waals surface area contributed by atoms with E-state index in [0.29, 0.717) is 18.0 Å². The van der Waals surface area contributed by atoms with E-state index in [1.165, 1.54) is 10.7 Å². The van der Waals surface area contributed by atoms with E-state index in [0.717, 1.165) is 24.2 Å². The fraction of sp³-hybridized carbons (Fsp3) is 0.273. The monoisotopic (exact) mass is 257 g/mol. The SMILES string of the molecule is Fc1ccc(-n2cc(CCCCl)nn2)cc1F. The maximum absolute atomic E-state index is 13.0. The Labute approximate surface area is 102 Å². The first kappa shape index (κ1) is 12.0. The lowest BCUT2D eigenvalue weighted by atomic mass is 10.2. The average molecular weight is 258 g/mol. The molecule has 0 bridgehead atoms. The van der Waals surface area contributed by atoms with E-state index in [-0.39, 0.29) is 0 Å². The zero-order chi connectivity index (χ0) is 12.3. The summed E-state index contributed by atoms with van der Waals surface area (Å²) < 4.78 is 27.2. The Balaban J connectivity index is 2.21. The van der Waals surface area contributed by atoms with Crippen molar-refractivity contribution < 1.29 is 8.78 Å². The van der Waals surface area contributed by atoms with Gasteiger partial charge < -0.3 is 0 Å². The van der Waals surface area contributed by atoms with Gasteiger partial charge in [-0.15, -0.1) is 16.7 Å². The van der Waals surface area contributed by atoms with Crippen LogP contribution in [0.2, 0.25) is 0 Å². The number of nitrogens with zero attached hydrogens (tertiary/aromatic N) is 3. The largest absolute Gasteiger partial charge is 0.220 e. The molecule has 90 valence electrons. The number of aromatic nitrogens is 3. The average Bonchev–Trinajstić information content (AvgIpc) is 2.79. The molecule has 0 atom stereocenters. The summed E-state index contributed by atoms with van der Waals surface area (Å²) in [6.45, 7) is 0. The molecule has 1 heterocycles. The van der Waals surface area contributed by atoms with Crippen LogP contribution in [-0.4, -0.2) is 20.9 Å². The van der Waals surface area contributed by atoms with Gasteiger partial charge in [0.2, 0.25) is 0 Å². The highest BCUT2D eigenvalue weighted by molar-refractivity contribution is 6.17. The highest BCUT2D eigenvalue weighted by atomic mass is 35.5. The lowest BCUT2D eigenvalue weighted by Gasteiger charge is -2.00. The van der Waals surface area contributed by atoms with Gasteiger partial charge in [0.25, 0.3) is 0 Å². The Morgan fingerprint density at radius 3 is 2.76 bits per heavy atom. The van der Waals surface area contributed by atoms with E-state index in [1.54, 1.807) is 6.20 Å². The summed E-state index contributed by atoms with van der Waals surface area (Å²) in [5, 5.41) is 7.76. The van der Waals surface area contributed by atoms with Crippen molar-refractivity contribution in [3.8, 4) is 5.69 Å². The van der Waals surface area contributed by atoms with Crippen LogP contribution in [-0.2, 0) is 6.42 Å². The van der Waals surface area contributed by atoms with E-state index in [4.69, 9.17) is 11.6 Å². The lowest BCUT2D eigenvalue weighted by Crippen LogP contribution is -1.96. The molecule has 0 aliphatic carbocycles. The Hall–Kier alpha value is -1.49. The van der Waals surface area contributed by atoms with Crippen LogP contribution in [0.1, 0.15) is 12.1 Å². The molecule has 1 aromatic heterocycles. The van der Waals surface area contributed by atoms with Crippen LogP contribution in [0.3, 0.4) is 0 Å². The molecule has 3 nitrogen and oxygen atoms in total. The Kier molecular flexibility index (Phi) is 3.68. The number of aryl methyl sites for hydroxylation is 1. The number of hydrogen-bond acceptors (Lipinski definition) is 2. The van der Waals surface area contributed by atoms with Gasteiger partial charge in [-0.05, 0) is 25.0 Å². The molecule has 0 N–H and O–H groups in total. The van der Waals surface area contributed by atoms with E-state index in [9.17, 15) is 8.78 Å². The normalized spacial score (nSPS) is 10.8. The number of hydrogen-bond donors (Lipinski definition) is 0. The summed E-state index contributed by atoms with van der Waals surface area (Å²) in [6.07, 6.45) is 3.20. The molecule has 0 radical (unpaired) electrons. The second-order valence-corrected chi connectivity index (χ2v) is 3.92. The highest BCUT2D eigenvalue weighted by Crippen LogP contribution is 2.12. The summed E-state index contributed by atoms with van der Waals surface area (Å²) in [5.74, 6) is -1.23. The summed E-state index contributed by atoms with van der Waals surface area (Å²) in [5.41, 5.74) is 1.21. The molecular weight excluding hydrogens is 248 g/mol. The van der Waals surface area contributed by atoms with Gasteiger partial charge in [-0.2, -0.15) is 0 Å². The minimum Gasteiger partial charge on any atom is -0.220 e.